The molecule has 116 valence electrons. The number of hydrogen-bond acceptors (Lipinski definition) is 7. The Hall–Kier alpha value is -2.83. The van der Waals surface area contributed by atoms with Crippen LogP contribution < -0.4 is 15.8 Å². The van der Waals surface area contributed by atoms with E-state index in [0.29, 0.717) is 12.6 Å². The van der Waals surface area contributed by atoms with Crippen molar-refractivity contribution in [3.05, 3.63) is 36.0 Å². The number of nitrogen functional groups attached to an aromatic ring is 1. The number of ether oxygens (including phenoxy) is 2. The summed E-state index contributed by atoms with van der Waals surface area (Å²) in [6, 6.07) is 7.35. The van der Waals surface area contributed by atoms with Crippen molar-refractivity contribution in [1.82, 2.24) is 9.97 Å². The van der Waals surface area contributed by atoms with Crippen LogP contribution in [-0.4, -0.2) is 29.2 Å². The molecular weight excluding hydrogens is 284 g/mol. The van der Waals surface area contributed by atoms with E-state index in [4.69, 9.17) is 15.2 Å². The number of aromatic nitrogens is 2. The Bertz CT molecular complexity index is 644. The van der Waals surface area contributed by atoms with E-state index in [1.54, 1.807) is 6.92 Å². The zero-order chi connectivity index (χ0) is 15.9. The summed E-state index contributed by atoms with van der Waals surface area (Å²) in [5.74, 6) is 0.621. The summed E-state index contributed by atoms with van der Waals surface area (Å²) in [6.45, 7) is 4.52. The molecule has 0 radical (unpaired) electrons. The van der Waals surface area contributed by atoms with Crippen molar-refractivity contribution < 1.29 is 14.3 Å². The first-order chi connectivity index (χ1) is 10.6. The van der Waals surface area contributed by atoms with E-state index in [1.165, 1.54) is 6.20 Å². The number of rotatable bonds is 6. The third kappa shape index (κ3) is 3.85. The summed E-state index contributed by atoms with van der Waals surface area (Å²) in [6.07, 6.45) is 1.34. The van der Waals surface area contributed by atoms with Crippen molar-refractivity contribution >= 4 is 23.4 Å². The quantitative estimate of drug-likeness (QED) is 0.790. The number of hydrogen-bond donors (Lipinski definition) is 2. The lowest BCUT2D eigenvalue weighted by atomic mass is 10.3. The molecule has 3 N–H and O–H groups in total. The molecule has 1 aromatic carbocycles. The van der Waals surface area contributed by atoms with E-state index in [9.17, 15) is 4.79 Å². The van der Waals surface area contributed by atoms with Gasteiger partial charge in [0.2, 0.25) is 5.95 Å². The van der Waals surface area contributed by atoms with Gasteiger partial charge in [0.05, 0.1) is 13.2 Å². The summed E-state index contributed by atoms with van der Waals surface area (Å²) < 4.78 is 10.2. The van der Waals surface area contributed by atoms with Gasteiger partial charge >= 0.3 is 5.97 Å². The highest BCUT2D eigenvalue weighted by Gasteiger charge is 2.13. The minimum Gasteiger partial charge on any atom is -0.494 e. The first kappa shape index (κ1) is 15.6. The van der Waals surface area contributed by atoms with Crippen molar-refractivity contribution in [2.45, 2.75) is 13.8 Å². The largest absolute Gasteiger partial charge is 0.494 e. The monoisotopic (exact) mass is 302 g/mol. The Kier molecular flexibility index (Phi) is 5.13. The number of carbonyl (C=O) groups is 1. The maximum Gasteiger partial charge on any atom is 0.343 e. The summed E-state index contributed by atoms with van der Waals surface area (Å²) in [7, 11) is 0. The normalized spacial score (nSPS) is 10.1. The van der Waals surface area contributed by atoms with E-state index in [2.05, 4.69) is 15.3 Å². The Balaban J connectivity index is 2.10. The van der Waals surface area contributed by atoms with Crippen LogP contribution in [0.3, 0.4) is 0 Å². The van der Waals surface area contributed by atoms with Crippen molar-refractivity contribution in [3.8, 4) is 5.75 Å². The lowest BCUT2D eigenvalue weighted by Gasteiger charge is -2.09. The number of nitrogens with zero attached hydrogens (tertiary/aromatic N) is 2. The van der Waals surface area contributed by atoms with Crippen molar-refractivity contribution in [3.63, 3.8) is 0 Å². The molecule has 0 spiro atoms. The lowest BCUT2D eigenvalue weighted by molar-refractivity contribution is 0.0527. The number of esters is 1. The molecule has 0 amide bonds. The van der Waals surface area contributed by atoms with Crippen molar-refractivity contribution in [2.24, 2.45) is 0 Å². The Morgan fingerprint density at radius 3 is 2.55 bits per heavy atom. The third-order valence-corrected chi connectivity index (χ3v) is 2.74. The van der Waals surface area contributed by atoms with E-state index in [-0.39, 0.29) is 18.0 Å². The number of nitrogens with two attached hydrogens (primary N) is 1. The minimum atomic E-state index is -0.535. The molecular formula is C15H18N4O3. The number of anilines is 3. The first-order valence-corrected chi connectivity index (χ1v) is 6.93. The van der Waals surface area contributed by atoms with Crippen LogP contribution in [0.5, 0.6) is 5.75 Å². The second-order valence-electron chi connectivity index (χ2n) is 4.30. The summed E-state index contributed by atoms with van der Waals surface area (Å²) in [5.41, 5.74) is 6.69. The number of benzene rings is 1. The molecule has 1 heterocycles. The summed E-state index contributed by atoms with van der Waals surface area (Å²) in [4.78, 5) is 19.7. The van der Waals surface area contributed by atoms with Gasteiger partial charge in [-0.25, -0.2) is 9.78 Å². The van der Waals surface area contributed by atoms with Gasteiger partial charge in [0, 0.05) is 11.9 Å². The van der Waals surface area contributed by atoms with Crippen LogP contribution in [0.25, 0.3) is 0 Å². The highest BCUT2D eigenvalue weighted by molar-refractivity contribution is 5.93. The van der Waals surface area contributed by atoms with Gasteiger partial charge in [0.1, 0.15) is 17.1 Å². The highest BCUT2D eigenvalue weighted by Crippen LogP contribution is 2.19. The van der Waals surface area contributed by atoms with Gasteiger partial charge in [-0.05, 0) is 38.1 Å². The topological polar surface area (TPSA) is 99.4 Å². The van der Waals surface area contributed by atoms with E-state index in [1.807, 2.05) is 31.2 Å². The molecule has 0 unspecified atom stereocenters. The predicted octanol–water partition coefficient (Wildman–Crippen LogP) is 2.38. The fourth-order valence-electron chi connectivity index (χ4n) is 1.75. The molecule has 7 nitrogen and oxygen atoms in total. The van der Waals surface area contributed by atoms with Gasteiger partial charge < -0.3 is 20.5 Å². The molecule has 2 rings (SSSR count). The molecule has 0 aliphatic rings. The molecule has 0 saturated carbocycles. The fourth-order valence-corrected chi connectivity index (χ4v) is 1.75. The zero-order valence-electron chi connectivity index (χ0n) is 12.5. The maximum absolute atomic E-state index is 11.6. The van der Waals surface area contributed by atoms with Crippen LogP contribution in [0.2, 0.25) is 0 Å². The molecule has 0 aliphatic carbocycles. The van der Waals surface area contributed by atoms with Gasteiger partial charge in [0.25, 0.3) is 0 Å². The SMILES string of the molecule is CCOC(=O)c1cnc(Nc2ccc(OCC)cc2)nc1N. The third-order valence-electron chi connectivity index (χ3n) is 2.74. The Morgan fingerprint density at radius 2 is 1.95 bits per heavy atom. The predicted molar refractivity (Wildman–Crippen MR) is 83.3 cm³/mol. The Labute approximate surface area is 128 Å². The second kappa shape index (κ2) is 7.26. The standard InChI is InChI=1S/C15H18N4O3/c1-3-21-11-7-5-10(6-8-11)18-15-17-9-12(13(16)19-15)14(20)22-4-2/h5-9H,3-4H2,1-2H3,(H3,16,17,18,19). The van der Waals surface area contributed by atoms with Crippen LogP contribution in [0.4, 0.5) is 17.5 Å². The van der Waals surface area contributed by atoms with Gasteiger partial charge in [-0.1, -0.05) is 0 Å². The number of carbonyl (C=O) groups excluding carboxylic acids is 1. The van der Waals surface area contributed by atoms with Crippen LogP contribution in [0.15, 0.2) is 30.5 Å². The van der Waals surface area contributed by atoms with Crippen LogP contribution >= 0.6 is 0 Å². The second-order valence-corrected chi connectivity index (χ2v) is 4.30. The fraction of sp³-hybridized carbons (Fsp3) is 0.267. The molecule has 1 aromatic heterocycles. The van der Waals surface area contributed by atoms with Gasteiger partial charge in [-0.2, -0.15) is 4.98 Å². The molecule has 22 heavy (non-hydrogen) atoms. The zero-order valence-corrected chi connectivity index (χ0v) is 12.5. The maximum atomic E-state index is 11.6. The van der Waals surface area contributed by atoms with Crippen LogP contribution in [0, 0.1) is 0 Å². The lowest BCUT2D eigenvalue weighted by Crippen LogP contribution is -2.11. The van der Waals surface area contributed by atoms with Gasteiger partial charge in [-0.3, -0.25) is 0 Å². The van der Waals surface area contributed by atoms with Crippen molar-refractivity contribution in [2.75, 3.05) is 24.3 Å². The minimum absolute atomic E-state index is 0.0712. The molecule has 0 bridgehead atoms. The molecule has 0 saturated heterocycles. The first-order valence-electron chi connectivity index (χ1n) is 6.93. The molecule has 2 aromatic rings. The van der Waals surface area contributed by atoms with E-state index < -0.39 is 5.97 Å². The summed E-state index contributed by atoms with van der Waals surface area (Å²) in [5, 5.41) is 3.00. The smallest absolute Gasteiger partial charge is 0.343 e. The van der Waals surface area contributed by atoms with Crippen LogP contribution in [-0.2, 0) is 4.74 Å². The van der Waals surface area contributed by atoms with Crippen LogP contribution in [0.1, 0.15) is 24.2 Å². The summed E-state index contributed by atoms with van der Waals surface area (Å²) >= 11 is 0. The average Bonchev–Trinajstić information content (AvgIpc) is 2.50. The Morgan fingerprint density at radius 1 is 1.23 bits per heavy atom. The number of nitrogens with one attached hydrogen (secondary N) is 1. The van der Waals surface area contributed by atoms with Crippen molar-refractivity contribution in [1.29, 1.82) is 0 Å². The average molecular weight is 302 g/mol. The van der Waals surface area contributed by atoms with E-state index in [0.717, 1.165) is 11.4 Å². The highest BCUT2D eigenvalue weighted by atomic mass is 16.5. The molecule has 0 fully saturated rings. The molecule has 0 aliphatic heterocycles. The molecule has 7 heteroatoms. The van der Waals surface area contributed by atoms with Gasteiger partial charge in [-0.15, -0.1) is 0 Å². The van der Waals surface area contributed by atoms with Gasteiger partial charge in [0.15, 0.2) is 0 Å². The molecule has 0 atom stereocenters. The van der Waals surface area contributed by atoms with E-state index >= 15 is 0 Å².